The minimum Gasteiger partial charge on any atom is -0.353 e. The molecule has 1 aromatic heterocycles. The third-order valence-electron chi connectivity index (χ3n) is 4.54. The number of pyridine rings is 1. The number of amides is 2. The van der Waals surface area contributed by atoms with Crippen LogP contribution in [0.4, 0.5) is 4.39 Å². The van der Waals surface area contributed by atoms with Crippen molar-refractivity contribution in [2.45, 2.75) is 0 Å². The summed E-state index contributed by atoms with van der Waals surface area (Å²) in [7, 11) is 0. The van der Waals surface area contributed by atoms with E-state index in [0.717, 1.165) is 5.39 Å². The highest BCUT2D eigenvalue weighted by Gasteiger charge is 2.23. The zero-order valence-corrected chi connectivity index (χ0v) is 15.0. The van der Waals surface area contributed by atoms with E-state index in [1.54, 1.807) is 42.6 Å². The van der Waals surface area contributed by atoms with Crippen LogP contribution >= 0.6 is 11.6 Å². The van der Waals surface area contributed by atoms with E-state index >= 15 is 0 Å². The fourth-order valence-corrected chi connectivity index (χ4v) is 3.37. The Morgan fingerprint density at radius 1 is 1.19 bits per heavy atom. The van der Waals surface area contributed by atoms with Gasteiger partial charge in [0.15, 0.2) is 0 Å². The number of rotatable bonds is 2. The fourth-order valence-electron chi connectivity index (χ4n) is 3.16. The van der Waals surface area contributed by atoms with Crippen molar-refractivity contribution < 1.29 is 14.0 Å². The van der Waals surface area contributed by atoms with Crippen LogP contribution in [0.3, 0.4) is 0 Å². The normalized spacial score (nSPS) is 14.3. The first-order valence-electron chi connectivity index (χ1n) is 8.43. The number of hydrogen-bond donors (Lipinski definition) is 1. The van der Waals surface area contributed by atoms with Gasteiger partial charge in [0, 0.05) is 35.8 Å². The number of fused-ring (bicyclic) bond motifs is 1. The van der Waals surface area contributed by atoms with Crippen LogP contribution in [0.2, 0.25) is 5.02 Å². The summed E-state index contributed by atoms with van der Waals surface area (Å²) >= 11 is 6.14. The van der Waals surface area contributed by atoms with Crippen molar-refractivity contribution in [1.82, 2.24) is 15.2 Å². The molecule has 4 rings (SSSR count). The Hall–Kier alpha value is -2.99. The van der Waals surface area contributed by atoms with E-state index < -0.39 is 5.82 Å². The number of halogens is 2. The summed E-state index contributed by atoms with van der Waals surface area (Å²) in [5.74, 6) is -1.08. The van der Waals surface area contributed by atoms with E-state index in [1.165, 1.54) is 11.0 Å². The molecule has 1 saturated heterocycles. The molecule has 0 bridgehead atoms. The number of aromatic nitrogens is 1. The molecule has 1 N–H and O–H groups in total. The van der Waals surface area contributed by atoms with Gasteiger partial charge in [0.2, 0.25) is 5.91 Å². The van der Waals surface area contributed by atoms with Crippen molar-refractivity contribution >= 4 is 34.3 Å². The maximum absolute atomic E-state index is 14.7. The van der Waals surface area contributed by atoms with Gasteiger partial charge in [-0.2, -0.15) is 0 Å². The topological polar surface area (TPSA) is 62.3 Å². The molecule has 0 aliphatic carbocycles. The largest absolute Gasteiger partial charge is 0.353 e. The Morgan fingerprint density at radius 3 is 2.81 bits per heavy atom. The fraction of sp³-hybridized carbons (Fsp3) is 0.150. The average Bonchev–Trinajstić information content (AvgIpc) is 2.67. The molecule has 2 amide bonds. The molecule has 7 heteroatoms. The third-order valence-corrected chi connectivity index (χ3v) is 4.87. The first kappa shape index (κ1) is 17.4. The highest BCUT2D eigenvalue weighted by atomic mass is 35.5. The minimum atomic E-state index is -0.510. The zero-order valence-electron chi connectivity index (χ0n) is 14.2. The van der Waals surface area contributed by atoms with E-state index in [0.29, 0.717) is 34.8 Å². The maximum Gasteiger partial charge on any atom is 0.254 e. The van der Waals surface area contributed by atoms with Gasteiger partial charge in [0.1, 0.15) is 5.82 Å². The number of piperazine rings is 1. The van der Waals surface area contributed by atoms with Crippen LogP contribution in [-0.2, 0) is 4.79 Å². The van der Waals surface area contributed by atoms with Crippen molar-refractivity contribution in [3.8, 4) is 11.1 Å². The first-order chi connectivity index (χ1) is 13.0. The standard InChI is InChI=1S/C20H15ClFN3O2/c21-16-5-6-23-18-10-12(1-4-15(16)18)14-3-2-13(9-17(14)22)20(27)25-8-7-24-19(26)11-25/h1-6,9-10H,7-8,11H2,(H,24,26). The molecule has 136 valence electrons. The van der Waals surface area contributed by atoms with Gasteiger partial charge in [0.25, 0.3) is 5.91 Å². The van der Waals surface area contributed by atoms with Gasteiger partial charge >= 0.3 is 0 Å². The van der Waals surface area contributed by atoms with Crippen molar-refractivity contribution in [3.63, 3.8) is 0 Å². The molecule has 1 aliphatic heterocycles. The predicted molar refractivity (Wildman–Crippen MR) is 101 cm³/mol. The summed E-state index contributed by atoms with van der Waals surface area (Å²) in [5, 5.41) is 4.03. The number of nitrogens with one attached hydrogen (secondary N) is 1. The van der Waals surface area contributed by atoms with E-state index in [-0.39, 0.29) is 23.9 Å². The van der Waals surface area contributed by atoms with Crippen molar-refractivity contribution in [3.05, 3.63) is 65.1 Å². The number of hydrogen-bond acceptors (Lipinski definition) is 3. The van der Waals surface area contributed by atoms with Crippen molar-refractivity contribution in [1.29, 1.82) is 0 Å². The van der Waals surface area contributed by atoms with E-state index in [9.17, 15) is 14.0 Å². The summed E-state index contributed by atoms with van der Waals surface area (Å²) in [6.07, 6.45) is 1.60. The lowest BCUT2D eigenvalue weighted by atomic mass is 10.0. The van der Waals surface area contributed by atoms with Gasteiger partial charge in [-0.1, -0.05) is 29.8 Å². The summed E-state index contributed by atoms with van der Waals surface area (Å²) in [4.78, 5) is 29.6. The molecule has 0 unspecified atom stereocenters. The highest BCUT2D eigenvalue weighted by molar-refractivity contribution is 6.35. The Labute approximate surface area is 159 Å². The van der Waals surface area contributed by atoms with Crippen LogP contribution in [0.5, 0.6) is 0 Å². The molecule has 1 fully saturated rings. The minimum absolute atomic E-state index is 0.0146. The molecular formula is C20H15ClFN3O2. The second-order valence-corrected chi connectivity index (χ2v) is 6.70. The third kappa shape index (κ3) is 3.36. The van der Waals surface area contributed by atoms with Crippen LogP contribution in [-0.4, -0.2) is 41.3 Å². The quantitative estimate of drug-likeness (QED) is 0.738. The molecule has 0 spiro atoms. The van der Waals surface area contributed by atoms with Crippen LogP contribution in [0.15, 0.2) is 48.7 Å². The van der Waals surface area contributed by atoms with Crippen LogP contribution in [0.1, 0.15) is 10.4 Å². The summed E-state index contributed by atoms with van der Waals surface area (Å²) in [6.45, 7) is 0.794. The molecule has 5 nitrogen and oxygen atoms in total. The van der Waals surface area contributed by atoms with Crippen LogP contribution in [0, 0.1) is 5.82 Å². The van der Waals surface area contributed by atoms with Gasteiger partial charge < -0.3 is 10.2 Å². The molecule has 2 aromatic carbocycles. The van der Waals surface area contributed by atoms with Gasteiger partial charge in [-0.25, -0.2) is 4.39 Å². The Morgan fingerprint density at radius 2 is 2.04 bits per heavy atom. The average molecular weight is 384 g/mol. The van der Waals surface area contributed by atoms with Gasteiger partial charge in [0.05, 0.1) is 17.1 Å². The number of carbonyl (C=O) groups excluding carboxylic acids is 2. The van der Waals surface area contributed by atoms with E-state index in [1.807, 2.05) is 0 Å². The Kier molecular flexibility index (Phi) is 4.49. The SMILES string of the molecule is O=C1CN(C(=O)c2ccc(-c3ccc4c(Cl)ccnc4c3)c(F)c2)CCN1. The number of carbonyl (C=O) groups is 2. The smallest absolute Gasteiger partial charge is 0.254 e. The summed E-state index contributed by atoms with van der Waals surface area (Å²) in [5.41, 5.74) is 1.89. The van der Waals surface area contributed by atoms with Crippen molar-refractivity contribution in [2.24, 2.45) is 0 Å². The molecule has 0 radical (unpaired) electrons. The highest BCUT2D eigenvalue weighted by Crippen LogP contribution is 2.29. The molecule has 3 aromatic rings. The summed E-state index contributed by atoms with van der Waals surface area (Å²) in [6, 6.07) is 11.4. The molecular weight excluding hydrogens is 369 g/mol. The van der Waals surface area contributed by atoms with Gasteiger partial charge in [-0.15, -0.1) is 0 Å². The second-order valence-electron chi connectivity index (χ2n) is 6.30. The lowest BCUT2D eigenvalue weighted by Gasteiger charge is -2.26. The Bertz CT molecular complexity index is 1070. The monoisotopic (exact) mass is 383 g/mol. The second kappa shape index (κ2) is 6.96. The number of nitrogens with zero attached hydrogens (tertiary/aromatic N) is 2. The number of benzene rings is 2. The predicted octanol–water partition coefficient (Wildman–Crippen LogP) is 3.27. The van der Waals surface area contributed by atoms with Crippen LogP contribution < -0.4 is 5.32 Å². The molecule has 1 aliphatic rings. The summed E-state index contributed by atoms with van der Waals surface area (Å²) < 4.78 is 14.7. The zero-order chi connectivity index (χ0) is 19.0. The van der Waals surface area contributed by atoms with E-state index in [2.05, 4.69) is 10.3 Å². The Balaban J connectivity index is 1.66. The molecule has 0 saturated carbocycles. The molecule has 27 heavy (non-hydrogen) atoms. The molecule has 2 heterocycles. The lowest BCUT2D eigenvalue weighted by Crippen LogP contribution is -2.49. The van der Waals surface area contributed by atoms with Crippen molar-refractivity contribution in [2.75, 3.05) is 19.6 Å². The van der Waals surface area contributed by atoms with E-state index in [4.69, 9.17) is 11.6 Å². The van der Waals surface area contributed by atoms with Gasteiger partial charge in [-0.05, 0) is 29.8 Å². The first-order valence-corrected chi connectivity index (χ1v) is 8.81. The lowest BCUT2D eigenvalue weighted by molar-refractivity contribution is -0.123. The maximum atomic E-state index is 14.7. The van der Waals surface area contributed by atoms with Gasteiger partial charge in [-0.3, -0.25) is 14.6 Å². The van der Waals surface area contributed by atoms with Crippen LogP contribution in [0.25, 0.3) is 22.0 Å². The molecule has 0 atom stereocenters.